The summed E-state index contributed by atoms with van der Waals surface area (Å²) in [7, 11) is 0. The lowest BCUT2D eigenvalue weighted by Gasteiger charge is -2.11. The van der Waals surface area contributed by atoms with Gasteiger partial charge in [-0.15, -0.1) is 0 Å². The summed E-state index contributed by atoms with van der Waals surface area (Å²) in [6.07, 6.45) is 0.957. The normalized spacial score (nSPS) is 22.5. The van der Waals surface area contributed by atoms with E-state index in [-0.39, 0.29) is 12.6 Å². The predicted molar refractivity (Wildman–Crippen MR) is 46.1 cm³/mol. The molecule has 0 bridgehead atoms. The molecule has 6 nitrogen and oxygen atoms in total. The predicted octanol–water partition coefficient (Wildman–Crippen LogP) is -0.530. The highest BCUT2D eigenvalue weighted by Crippen LogP contribution is 2.22. The lowest BCUT2D eigenvalue weighted by atomic mass is 10.1. The van der Waals surface area contributed by atoms with Crippen molar-refractivity contribution < 1.29 is 9.52 Å². The van der Waals surface area contributed by atoms with E-state index in [1.54, 1.807) is 0 Å². The van der Waals surface area contributed by atoms with Crippen molar-refractivity contribution in [3.8, 4) is 0 Å². The third-order valence-corrected chi connectivity index (χ3v) is 2.24. The molecule has 1 aromatic rings. The highest BCUT2D eigenvalue weighted by atomic mass is 16.4. The fourth-order valence-electron chi connectivity index (χ4n) is 1.51. The van der Waals surface area contributed by atoms with Crippen LogP contribution in [0.4, 0.5) is 12.0 Å². The molecule has 0 radical (unpaired) electrons. The van der Waals surface area contributed by atoms with Crippen molar-refractivity contribution in [1.82, 2.24) is 10.2 Å². The molecular formula is C7H12N4O2. The van der Waals surface area contributed by atoms with E-state index in [1.807, 2.05) is 4.90 Å². The summed E-state index contributed by atoms with van der Waals surface area (Å²) in [4.78, 5) is 1.93. The number of nitrogens with zero attached hydrogens (tertiary/aromatic N) is 3. The molecule has 1 unspecified atom stereocenters. The van der Waals surface area contributed by atoms with Gasteiger partial charge < -0.3 is 20.2 Å². The summed E-state index contributed by atoms with van der Waals surface area (Å²) in [6, 6.07) is 0.538. The van der Waals surface area contributed by atoms with Crippen molar-refractivity contribution in [2.24, 2.45) is 5.92 Å². The first kappa shape index (κ1) is 8.31. The number of hydrogen-bond acceptors (Lipinski definition) is 6. The smallest absolute Gasteiger partial charge is 0.319 e. The van der Waals surface area contributed by atoms with Gasteiger partial charge in [0.1, 0.15) is 0 Å². The van der Waals surface area contributed by atoms with E-state index in [0.717, 1.165) is 19.5 Å². The summed E-state index contributed by atoms with van der Waals surface area (Å²) in [5.74, 6) is 0.313. The monoisotopic (exact) mass is 184 g/mol. The Morgan fingerprint density at radius 1 is 1.62 bits per heavy atom. The van der Waals surface area contributed by atoms with Gasteiger partial charge in [-0.05, 0) is 6.42 Å². The van der Waals surface area contributed by atoms with Gasteiger partial charge in [-0.25, -0.2) is 0 Å². The molecule has 72 valence electrons. The number of rotatable bonds is 2. The highest BCUT2D eigenvalue weighted by Gasteiger charge is 2.25. The number of aliphatic hydroxyl groups excluding tert-OH is 1. The number of aliphatic hydroxyl groups is 1. The van der Waals surface area contributed by atoms with Gasteiger partial charge in [0, 0.05) is 25.6 Å². The molecule has 13 heavy (non-hydrogen) atoms. The first-order valence-corrected chi connectivity index (χ1v) is 4.24. The standard InChI is InChI=1S/C7H12N4O2/c8-6-9-10-7(13-6)11-2-1-5(3-11)4-12/h5,12H,1-4H2,(H2,8,9). The second-order valence-electron chi connectivity index (χ2n) is 3.21. The van der Waals surface area contributed by atoms with Gasteiger partial charge >= 0.3 is 12.0 Å². The summed E-state index contributed by atoms with van der Waals surface area (Å²) in [5, 5.41) is 16.3. The zero-order valence-corrected chi connectivity index (χ0v) is 7.18. The minimum Gasteiger partial charge on any atom is -0.396 e. The van der Waals surface area contributed by atoms with Crippen LogP contribution in [-0.4, -0.2) is 35.0 Å². The molecule has 0 amide bonds. The summed E-state index contributed by atoms with van der Waals surface area (Å²) in [6.45, 7) is 1.81. The van der Waals surface area contributed by atoms with Crippen LogP contribution >= 0.6 is 0 Å². The number of nitrogen functional groups attached to an aromatic ring is 1. The van der Waals surface area contributed by atoms with Crippen LogP contribution in [0.15, 0.2) is 4.42 Å². The molecular weight excluding hydrogens is 172 g/mol. The molecule has 2 heterocycles. The van der Waals surface area contributed by atoms with Gasteiger partial charge in [0.2, 0.25) is 0 Å². The Bertz CT molecular complexity index is 288. The lowest BCUT2D eigenvalue weighted by molar-refractivity contribution is 0.238. The zero-order valence-electron chi connectivity index (χ0n) is 7.18. The minimum atomic E-state index is 0.0856. The van der Waals surface area contributed by atoms with Crippen molar-refractivity contribution in [3.63, 3.8) is 0 Å². The number of hydrogen-bond donors (Lipinski definition) is 2. The zero-order chi connectivity index (χ0) is 9.26. The number of nitrogens with two attached hydrogens (primary N) is 1. The Hall–Kier alpha value is -1.30. The molecule has 1 saturated heterocycles. The Morgan fingerprint density at radius 2 is 2.46 bits per heavy atom. The maximum atomic E-state index is 8.92. The van der Waals surface area contributed by atoms with E-state index in [0.29, 0.717) is 11.9 Å². The highest BCUT2D eigenvalue weighted by molar-refractivity contribution is 5.29. The average Bonchev–Trinajstić information content (AvgIpc) is 2.71. The average molecular weight is 184 g/mol. The summed E-state index contributed by atoms with van der Waals surface area (Å²) < 4.78 is 5.06. The van der Waals surface area contributed by atoms with Gasteiger partial charge in [0.15, 0.2) is 0 Å². The van der Waals surface area contributed by atoms with Crippen molar-refractivity contribution in [3.05, 3.63) is 0 Å². The fourth-order valence-corrected chi connectivity index (χ4v) is 1.51. The maximum Gasteiger partial charge on any atom is 0.319 e. The Kier molecular flexibility index (Phi) is 2.05. The van der Waals surface area contributed by atoms with E-state index in [4.69, 9.17) is 15.3 Å². The van der Waals surface area contributed by atoms with Crippen LogP contribution in [0.5, 0.6) is 0 Å². The van der Waals surface area contributed by atoms with Gasteiger partial charge in [0.25, 0.3) is 0 Å². The van der Waals surface area contributed by atoms with Gasteiger partial charge in [0.05, 0.1) is 0 Å². The Balaban J connectivity index is 2.03. The molecule has 1 atom stereocenters. The molecule has 2 rings (SSSR count). The van der Waals surface area contributed by atoms with Crippen LogP contribution in [0.2, 0.25) is 0 Å². The van der Waals surface area contributed by atoms with Crippen molar-refractivity contribution in [2.45, 2.75) is 6.42 Å². The van der Waals surface area contributed by atoms with Crippen LogP contribution in [0.3, 0.4) is 0 Å². The minimum absolute atomic E-state index is 0.0856. The van der Waals surface area contributed by atoms with E-state index >= 15 is 0 Å². The van der Waals surface area contributed by atoms with Gasteiger partial charge in [-0.2, -0.15) is 0 Å². The van der Waals surface area contributed by atoms with Crippen LogP contribution in [0, 0.1) is 5.92 Å². The van der Waals surface area contributed by atoms with Crippen LogP contribution < -0.4 is 10.6 Å². The van der Waals surface area contributed by atoms with E-state index in [9.17, 15) is 0 Å². The molecule has 6 heteroatoms. The molecule has 3 N–H and O–H groups in total. The van der Waals surface area contributed by atoms with Gasteiger partial charge in [-0.3, -0.25) is 0 Å². The topological polar surface area (TPSA) is 88.4 Å². The van der Waals surface area contributed by atoms with Crippen molar-refractivity contribution in [1.29, 1.82) is 0 Å². The SMILES string of the molecule is Nc1nnc(N2CCC(CO)C2)o1. The first-order chi connectivity index (χ1) is 6.29. The van der Waals surface area contributed by atoms with E-state index in [2.05, 4.69) is 10.2 Å². The first-order valence-electron chi connectivity index (χ1n) is 4.24. The third kappa shape index (κ3) is 1.57. The number of anilines is 2. The Labute approximate surface area is 75.3 Å². The Morgan fingerprint density at radius 3 is 3.00 bits per heavy atom. The van der Waals surface area contributed by atoms with Crippen LogP contribution in [0.25, 0.3) is 0 Å². The van der Waals surface area contributed by atoms with Gasteiger partial charge in [-0.1, -0.05) is 10.2 Å². The second kappa shape index (κ2) is 3.21. The van der Waals surface area contributed by atoms with E-state index in [1.165, 1.54) is 0 Å². The lowest BCUT2D eigenvalue weighted by Crippen LogP contribution is -2.20. The summed E-state index contributed by atoms with van der Waals surface area (Å²) in [5.41, 5.74) is 5.30. The molecule has 0 aromatic carbocycles. The molecule has 0 saturated carbocycles. The molecule has 1 aliphatic rings. The largest absolute Gasteiger partial charge is 0.396 e. The molecule has 1 aliphatic heterocycles. The molecule has 1 aromatic heterocycles. The second-order valence-corrected chi connectivity index (χ2v) is 3.21. The number of aromatic nitrogens is 2. The molecule has 0 spiro atoms. The molecule has 0 aliphatic carbocycles. The van der Waals surface area contributed by atoms with Crippen molar-refractivity contribution in [2.75, 3.05) is 30.3 Å². The van der Waals surface area contributed by atoms with E-state index < -0.39 is 0 Å². The van der Waals surface area contributed by atoms with Crippen LogP contribution in [0.1, 0.15) is 6.42 Å². The third-order valence-electron chi connectivity index (χ3n) is 2.24. The molecule has 1 fully saturated rings. The quantitative estimate of drug-likeness (QED) is 0.642. The summed E-state index contributed by atoms with van der Waals surface area (Å²) >= 11 is 0. The van der Waals surface area contributed by atoms with Crippen LogP contribution in [-0.2, 0) is 0 Å². The van der Waals surface area contributed by atoms with Crippen molar-refractivity contribution >= 4 is 12.0 Å². The maximum absolute atomic E-state index is 8.92. The fraction of sp³-hybridized carbons (Fsp3) is 0.714.